The van der Waals surface area contributed by atoms with E-state index in [1.54, 1.807) is 0 Å². The number of carbonyl (C=O) groups is 1. The van der Waals surface area contributed by atoms with Gasteiger partial charge in [-0.1, -0.05) is 20.8 Å². The number of hydrogen-bond acceptors (Lipinski definition) is 1. The summed E-state index contributed by atoms with van der Waals surface area (Å²) >= 11 is 0. The summed E-state index contributed by atoms with van der Waals surface area (Å²) in [7, 11) is 0. The zero-order valence-electron chi connectivity index (χ0n) is 7.98. The van der Waals surface area contributed by atoms with Crippen LogP contribution >= 0.6 is 0 Å². The fourth-order valence-electron chi connectivity index (χ4n) is 1.26. The van der Waals surface area contributed by atoms with Crippen LogP contribution in [0.25, 0.3) is 0 Å². The molecular weight excluding hydrogens is 138 g/mol. The maximum atomic E-state index is 11.3. The number of nitrogens with one attached hydrogen (secondary N) is 1. The lowest BCUT2D eigenvalue weighted by atomic mass is 9.92. The van der Waals surface area contributed by atoms with E-state index in [0.717, 1.165) is 13.0 Å². The van der Waals surface area contributed by atoms with Crippen molar-refractivity contribution in [2.24, 2.45) is 11.8 Å². The Labute approximate surface area is 69.4 Å². The van der Waals surface area contributed by atoms with Crippen molar-refractivity contribution in [3.05, 3.63) is 0 Å². The Morgan fingerprint density at radius 3 is 2.18 bits per heavy atom. The third kappa shape index (κ3) is 3.40. The van der Waals surface area contributed by atoms with Crippen molar-refractivity contribution in [3.63, 3.8) is 0 Å². The molecule has 0 rings (SSSR count). The van der Waals surface area contributed by atoms with Gasteiger partial charge in [-0.05, 0) is 19.3 Å². The molecule has 66 valence electrons. The van der Waals surface area contributed by atoms with E-state index in [4.69, 9.17) is 0 Å². The van der Waals surface area contributed by atoms with E-state index in [1.165, 1.54) is 0 Å². The predicted molar refractivity (Wildman–Crippen MR) is 47.3 cm³/mol. The Hall–Kier alpha value is -0.530. The van der Waals surface area contributed by atoms with Gasteiger partial charge in [0, 0.05) is 12.5 Å². The average molecular weight is 157 g/mol. The highest BCUT2D eigenvalue weighted by atomic mass is 16.1. The average Bonchev–Trinajstić information content (AvgIpc) is 1.88. The second kappa shape index (κ2) is 5.16. The molecule has 0 unspecified atom stereocenters. The number of carbonyl (C=O) groups excluding carboxylic acids is 1. The van der Waals surface area contributed by atoms with Crippen molar-refractivity contribution >= 4 is 5.91 Å². The molecule has 0 heterocycles. The van der Waals surface area contributed by atoms with Crippen LogP contribution in [-0.4, -0.2) is 12.5 Å². The molecule has 0 aliphatic heterocycles. The SMILES string of the molecule is CCNC(=O)[C@H](CC)C(C)C. The minimum Gasteiger partial charge on any atom is -0.356 e. The van der Waals surface area contributed by atoms with Gasteiger partial charge in [-0.15, -0.1) is 0 Å². The molecule has 11 heavy (non-hydrogen) atoms. The van der Waals surface area contributed by atoms with Crippen molar-refractivity contribution in [2.75, 3.05) is 6.54 Å². The van der Waals surface area contributed by atoms with E-state index >= 15 is 0 Å². The highest BCUT2D eigenvalue weighted by Crippen LogP contribution is 2.14. The lowest BCUT2D eigenvalue weighted by Gasteiger charge is -2.17. The Bertz CT molecular complexity index is 121. The van der Waals surface area contributed by atoms with Gasteiger partial charge in [-0.25, -0.2) is 0 Å². The maximum Gasteiger partial charge on any atom is 0.223 e. The van der Waals surface area contributed by atoms with E-state index < -0.39 is 0 Å². The molecule has 2 nitrogen and oxygen atoms in total. The quantitative estimate of drug-likeness (QED) is 0.662. The summed E-state index contributed by atoms with van der Waals surface area (Å²) < 4.78 is 0. The zero-order valence-corrected chi connectivity index (χ0v) is 7.98. The van der Waals surface area contributed by atoms with E-state index in [2.05, 4.69) is 26.1 Å². The Kier molecular flexibility index (Phi) is 4.92. The second-order valence-corrected chi connectivity index (χ2v) is 3.15. The Balaban J connectivity index is 3.92. The van der Waals surface area contributed by atoms with Crippen LogP contribution < -0.4 is 5.32 Å². The van der Waals surface area contributed by atoms with Crippen LogP contribution in [0.2, 0.25) is 0 Å². The third-order valence-electron chi connectivity index (χ3n) is 1.93. The molecule has 0 saturated carbocycles. The van der Waals surface area contributed by atoms with Gasteiger partial charge >= 0.3 is 0 Å². The number of hydrogen-bond donors (Lipinski definition) is 1. The molecule has 0 aromatic rings. The second-order valence-electron chi connectivity index (χ2n) is 3.15. The van der Waals surface area contributed by atoms with Gasteiger partial charge in [0.15, 0.2) is 0 Å². The Morgan fingerprint density at radius 1 is 1.36 bits per heavy atom. The minimum atomic E-state index is 0.190. The molecule has 0 aliphatic rings. The fourth-order valence-corrected chi connectivity index (χ4v) is 1.26. The lowest BCUT2D eigenvalue weighted by molar-refractivity contribution is -0.126. The van der Waals surface area contributed by atoms with Crippen LogP contribution in [0, 0.1) is 11.8 Å². The van der Waals surface area contributed by atoms with Crippen LogP contribution in [0.3, 0.4) is 0 Å². The largest absolute Gasteiger partial charge is 0.356 e. The highest BCUT2D eigenvalue weighted by molar-refractivity contribution is 5.78. The van der Waals surface area contributed by atoms with Gasteiger partial charge in [0.2, 0.25) is 5.91 Å². The molecular formula is C9H19NO. The fraction of sp³-hybridized carbons (Fsp3) is 0.889. The summed E-state index contributed by atoms with van der Waals surface area (Å²) in [4.78, 5) is 11.3. The lowest BCUT2D eigenvalue weighted by Crippen LogP contribution is -2.32. The van der Waals surface area contributed by atoms with Crippen molar-refractivity contribution in [3.8, 4) is 0 Å². The van der Waals surface area contributed by atoms with Gasteiger partial charge in [-0.3, -0.25) is 4.79 Å². The zero-order chi connectivity index (χ0) is 8.85. The van der Waals surface area contributed by atoms with Crippen LogP contribution in [0.1, 0.15) is 34.1 Å². The van der Waals surface area contributed by atoms with Crippen molar-refractivity contribution in [1.29, 1.82) is 0 Å². The van der Waals surface area contributed by atoms with E-state index in [9.17, 15) is 4.79 Å². The summed E-state index contributed by atoms with van der Waals surface area (Å²) in [5.74, 6) is 0.839. The van der Waals surface area contributed by atoms with Gasteiger partial charge in [-0.2, -0.15) is 0 Å². The molecule has 1 atom stereocenters. The van der Waals surface area contributed by atoms with E-state index in [-0.39, 0.29) is 11.8 Å². The normalized spacial score (nSPS) is 13.2. The number of amides is 1. The molecule has 0 spiro atoms. The van der Waals surface area contributed by atoms with E-state index in [0.29, 0.717) is 5.92 Å². The van der Waals surface area contributed by atoms with Gasteiger partial charge in [0.1, 0.15) is 0 Å². The van der Waals surface area contributed by atoms with Crippen LogP contribution in [-0.2, 0) is 4.79 Å². The summed E-state index contributed by atoms with van der Waals surface area (Å²) in [5.41, 5.74) is 0. The van der Waals surface area contributed by atoms with Gasteiger partial charge < -0.3 is 5.32 Å². The molecule has 1 amide bonds. The molecule has 1 N–H and O–H groups in total. The molecule has 2 heteroatoms. The molecule has 0 aromatic heterocycles. The maximum absolute atomic E-state index is 11.3. The first kappa shape index (κ1) is 10.5. The van der Waals surface area contributed by atoms with Crippen molar-refractivity contribution in [1.82, 2.24) is 5.32 Å². The van der Waals surface area contributed by atoms with Gasteiger partial charge in [0.05, 0.1) is 0 Å². The molecule has 0 aromatic carbocycles. The van der Waals surface area contributed by atoms with E-state index in [1.807, 2.05) is 6.92 Å². The van der Waals surface area contributed by atoms with Crippen LogP contribution in [0.4, 0.5) is 0 Å². The predicted octanol–water partition coefficient (Wildman–Crippen LogP) is 1.80. The monoisotopic (exact) mass is 157 g/mol. The smallest absolute Gasteiger partial charge is 0.223 e. The van der Waals surface area contributed by atoms with Crippen molar-refractivity contribution < 1.29 is 4.79 Å². The molecule has 0 aliphatic carbocycles. The molecule has 0 bridgehead atoms. The first-order valence-corrected chi connectivity index (χ1v) is 4.41. The van der Waals surface area contributed by atoms with Crippen LogP contribution in [0.15, 0.2) is 0 Å². The summed E-state index contributed by atoms with van der Waals surface area (Å²) in [6.07, 6.45) is 0.934. The van der Waals surface area contributed by atoms with Gasteiger partial charge in [0.25, 0.3) is 0 Å². The third-order valence-corrected chi connectivity index (χ3v) is 1.93. The minimum absolute atomic E-state index is 0.190. The molecule has 0 saturated heterocycles. The van der Waals surface area contributed by atoms with Crippen LogP contribution in [0.5, 0.6) is 0 Å². The summed E-state index contributed by atoms with van der Waals surface area (Å²) in [5, 5.41) is 2.84. The molecule has 0 radical (unpaired) electrons. The summed E-state index contributed by atoms with van der Waals surface area (Å²) in [6, 6.07) is 0. The summed E-state index contributed by atoms with van der Waals surface area (Å²) in [6.45, 7) is 8.92. The highest BCUT2D eigenvalue weighted by Gasteiger charge is 2.18. The number of rotatable bonds is 4. The first-order chi connectivity index (χ1) is 5.13. The Morgan fingerprint density at radius 2 is 1.91 bits per heavy atom. The topological polar surface area (TPSA) is 29.1 Å². The molecule has 0 fully saturated rings. The standard InChI is InChI=1S/C9H19NO/c1-5-8(7(3)4)9(11)10-6-2/h7-8H,5-6H2,1-4H3,(H,10,11)/t8-/m1/s1. The van der Waals surface area contributed by atoms with Crippen molar-refractivity contribution in [2.45, 2.75) is 34.1 Å². The first-order valence-electron chi connectivity index (χ1n) is 4.41.